The van der Waals surface area contributed by atoms with E-state index < -0.39 is 0 Å². The molecule has 1 N–H and O–H groups in total. The molecule has 25 heavy (non-hydrogen) atoms. The van der Waals surface area contributed by atoms with E-state index in [-0.39, 0.29) is 11.9 Å². The van der Waals surface area contributed by atoms with E-state index in [0.29, 0.717) is 6.61 Å². The molecule has 0 fully saturated rings. The average molecular weight is 375 g/mol. The minimum Gasteiger partial charge on any atom is -0.395 e. The van der Waals surface area contributed by atoms with Crippen LogP contribution in [-0.4, -0.2) is 36.4 Å². The molecule has 0 saturated heterocycles. The van der Waals surface area contributed by atoms with Gasteiger partial charge in [0.25, 0.3) is 0 Å². The van der Waals surface area contributed by atoms with Crippen molar-refractivity contribution in [2.24, 2.45) is 0 Å². The molecule has 0 saturated carbocycles. The highest BCUT2D eigenvalue weighted by Gasteiger charge is 2.04. The number of unbranched alkanes of at least 4 members (excludes halogenated alkanes) is 15. The number of hydrogen-bond acceptors (Lipinski definition) is 3. The maximum absolute atomic E-state index is 9.07. The Morgan fingerprint density at radius 3 is 1.44 bits per heavy atom. The van der Waals surface area contributed by atoms with Gasteiger partial charge in [-0.15, -0.1) is 0 Å². The molecule has 0 amide bonds. The van der Waals surface area contributed by atoms with Crippen molar-refractivity contribution >= 4 is 11.8 Å². The van der Waals surface area contributed by atoms with Crippen LogP contribution < -0.4 is 0 Å². The van der Waals surface area contributed by atoms with Crippen LogP contribution in [0.2, 0.25) is 0 Å². The van der Waals surface area contributed by atoms with Crippen molar-refractivity contribution in [3.63, 3.8) is 0 Å². The summed E-state index contributed by atoms with van der Waals surface area (Å²) in [5, 5.41) is 9.32. The summed E-state index contributed by atoms with van der Waals surface area (Å²) in [4.78, 5) is 0. The number of aliphatic hydroxyl groups excluding tert-OH is 1. The van der Waals surface area contributed by atoms with Crippen LogP contribution in [0, 0.1) is 0 Å². The highest BCUT2D eigenvalue weighted by Crippen LogP contribution is 2.13. The lowest BCUT2D eigenvalue weighted by Gasteiger charge is -2.11. The van der Waals surface area contributed by atoms with Gasteiger partial charge in [0.1, 0.15) is 0 Å². The zero-order chi connectivity index (χ0) is 18.4. The molecule has 0 heterocycles. The minimum atomic E-state index is 0.222. The van der Waals surface area contributed by atoms with Crippen molar-refractivity contribution in [2.45, 2.75) is 115 Å². The van der Waals surface area contributed by atoms with E-state index in [1.54, 1.807) is 11.8 Å². The Balaban J connectivity index is 3.03. The summed E-state index contributed by atoms with van der Waals surface area (Å²) in [6, 6.07) is 0. The van der Waals surface area contributed by atoms with Crippen LogP contribution in [0.25, 0.3) is 0 Å². The second-order valence-corrected chi connectivity index (χ2v) is 8.56. The summed E-state index contributed by atoms with van der Waals surface area (Å²) in [6.07, 6.45) is 24.5. The first-order chi connectivity index (χ1) is 12.3. The molecule has 3 heteroatoms. The quantitative estimate of drug-likeness (QED) is 0.220. The number of thioether (sulfide) groups is 1. The van der Waals surface area contributed by atoms with Crippen LogP contribution in [0.3, 0.4) is 0 Å². The SMILES string of the molecule is CCCCCCCCCCCCCCCCCCOCC(CO)SC. The van der Waals surface area contributed by atoms with Crippen LogP contribution in [0.1, 0.15) is 110 Å². The van der Waals surface area contributed by atoms with E-state index in [2.05, 4.69) is 6.92 Å². The molecule has 0 spiro atoms. The lowest BCUT2D eigenvalue weighted by atomic mass is 10.0. The first-order valence-corrected chi connectivity index (χ1v) is 12.3. The zero-order valence-electron chi connectivity index (χ0n) is 17.3. The molecule has 1 unspecified atom stereocenters. The van der Waals surface area contributed by atoms with E-state index in [9.17, 15) is 0 Å². The molecule has 0 rings (SSSR count). The molecule has 0 aromatic rings. The monoisotopic (exact) mass is 374 g/mol. The normalized spacial score (nSPS) is 12.6. The highest BCUT2D eigenvalue weighted by atomic mass is 32.2. The second-order valence-electron chi connectivity index (χ2n) is 7.42. The first-order valence-electron chi connectivity index (χ1n) is 11.1. The van der Waals surface area contributed by atoms with Crippen molar-refractivity contribution in [1.82, 2.24) is 0 Å². The molecule has 0 aromatic heterocycles. The Morgan fingerprint density at radius 2 is 1.08 bits per heavy atom. The molecule has 0 bridgehead atoms. The molecule has 152 valence electrons. The molecular weight excluding hydrogens is 328 g/mol. The summed E-state index contributed by atoms with van der Waals surface area (Å²) in [5.74, 6) is 0. The number of ether oxygens (including phenoxy) is 1. The van der Waals surface area contributed by atoms with Gasteiger partial charge in [-0.3, -0.25) is 0 Å². The Kier molecular flexibility index (Phi) is 22.6. The van der Waals surface area contributed by atoms with Gasteiger partial charge in [-0.05, 0) is 12.7 Å². The number of aliphatic hydroxyl groups is 1. The van der Waals surface area contributed by atoms with Crippen LogP contribution in [-0.2, 0) is 4.74 Å². The van der Waals surface area contributed by atoms with E-state index in [1.165, 1.54) is 103 Å². The molecule has 0 radical (unpaired) electrons. The van der Waals surface area contributed by atoms with Gasteiger partial charge in [0.2, 0.25) is 0 Å². The van der Waals surface area contributed by atoms with Crippen LogP contribution in [0.5, 0.6) is 0 Å². The van der Waals surface area contributed by atoms with Crippen LogP contribution in [0.4, 0.5) is 0 Å². The number of rotatable bonds is 21. The summed E-state index contributed by atoms with van der Waals surface area (Å²) in [7, 11) is 0. The van der Waals surface area contributed by atoms with E-state index in [4.69, 9.17) is 9.84 Å². The smallest absolute Gasteiger partial charge is 0.0607 e. The third kappa shape index (κ3) is 20.4. The van der Waals surface area contributed by atoms with Crippen LogP contribution in [0.15, 0.2) is 0 Å². The van der Waals surface area contributed by atoms with Crippen LogP contribution >= 0.6 is 11.8 Å². The average Bonchev–Trinajstić information content (AvgIpc) is 2.64. The molecule has 0 aliphatic carbocycles. The molecule has 2 nitrogen and oxygen atoms in total. The fourth-order valence-corrected chi connectivity index (χ4v) is 3.54. The van der Waals surface area contributed by atoms with Gasteiger partial charge >= 0.3 is 0 Å². The molecule has 0 aliphatic heterocycles. The van der Waals surface area contributed by atoms with Crippen molar-refractivity contribution in [3.05, 3.63) is 0 Å². The van der Waals surface area contributed by atoms with E-state index in [0.717, 1.165) is 6.61 Å². The third-order valence-corrected chi connectivity index (χ3v) is 5.93. The van der Waals surface area contributed by atoms with Gasteiger partial charge in [-0.25, -0.2) is 0 Å². The summed E-state index contributed by atoms with van der Waals surface area (Å²) in [6.45, 7) is 4.06. The number of hydrogen-bond donors (Lipinski definition) is 1. The van der Waals surface area contributed by atoms with Crippen molar-refractivity contribution in [1.29, 1.82) is 0 Å². The van der Waals surface area contributed by atoms with Crippen molar-refractivity contribution in [2.75, 3.05) is 26.1 Å². The van der Waals surface area contributed by atoms with Gasteiger partial charge in [-0.2, -0.15) is 11.8 Å². The van der Waals surface area contributed by atoms with Gasteiger partial charge in [0, 0.05) is 6.61 Å². The molecule has 0 aliphatic rings. The maximum atomic E-state index is 9.07. The molecule has 1 atom stereocenters. The third-order valence-electron chi connectivity index (χ3n) is 4.98. The van der Waals surface area contributed by atoms with Crippen molar-refractivity contribution < 1.29 is 9.84 Å². The molecular formula is C22H46O2S. The maximum Gasteiger partial charge on any atom is 0.0607 e. The largest absolute Gasteiger partial charge is 0.395 e. The highest BCUT2D eigenvalue weighted by molar-refractivity contribution is 7.99. The van der Waals surface area contributed by atoms with Gasteiger partial charge in [0.15, 0.2) is 0 Å². The predicted octanol–water partition coefficient (Wildman–Crippen LogP) is 6.99. The minimum absolute atomic E-state index is 0.222. The van der Waals surface area contributed by atoms with E-state index in [1.807, 2.05) is 6.26 Å². The van der Waals surface area contributed by atoms with Gasteiger partial charge in [-0.1, -0.05) is 103 Å². The molecule has 0 aromatic carbocycles. The Morgan fingerprint density at radius 1 is 0.680 bits per heavy atom. The fraction of sp³-hybridized carbons (Fsp3) is 1.00. The van der Waals surface area contributed by atoms with Crippen molar-refractivity contribution in [3.8, 4) is 0 Å². The van der Waals surface area contributed by atoms with E-state index >= 15 is 0 Å². The Bertz CT molecular complexity index is 232. The summed E-state index contributed by atoms with van der Waals surface area (Å²) >= 11 is 1.68. The Hall–Kier alpha value is 0.270. The second kappa shape index (κ2) is 22.3. The fourth-order valence-electron chi connectivity index (χ4n) is 3.16. The summed E-state index contributed by atoms with van der Waals surface area (Å²) < 4.78 is 5.62. The van der Waals surface area contributed by atoms with Gasteiger partial charge < -0.3 is 9.84 Å². The lowest BCUT2D eigenvalue weighted by Crippen LogP contribution is -2.16. The van der Waals surface area contributed by atoms with Gasteiger partial charge in [0.05, 0.1) is 18.5 Å². The topological polar surface area (TPSA) is 29.5 Å². The Labute approximate surface area is 162 Å². The lowest BCUT2D eigenvalue weighted by molar-refractivity contribution is 0.117. The summed E-state index contributed by atoms with van der Waals surface area (Å²) in [5.41, 5.74) is 0. The first kappa shape index (κ1) is 25.3. The zero-order valence-corrected chi connectivity index (χ0v) is 18.1. The predicted molar refractivity (Wildman–Crippen MR) is 115 cm³/mol. The standard InChI is InChI=1S/C22H46O2S/c1-3-4-5-6-7-8-9-10-11-12-13-14-15-16-17-18-19-24-21-22(20-23)25-2/h22-23H,3-21H2,1-2H3.